The molecular weight excluding hydrogens is 260 g/mol. The second kappa shape index (κ2) is 4.92. The van der Waals surface area contributed by atoms with Crippen LogP contribution in [-0.2, 0) is 6.42 Å². The van der Waals surface area contributed by atoms with Gasteiger partial charge in [0, 0.05) is 23.1 Å². The van der Waals surface area contributed by atoms with Crippen LogP contribution < -0.4 is 5.32 Å². The van der Waals surface area contributed by atoms with E-state index in [1.807, 2.05) is 6.92 Å². The lowest BCUT2D eigenvalue weighted by molar-refractivity contribution is 0.461. The Kier molecular flexibility index (Phi) is 2.92. The molecule has 21 heavy (non-hydrogen) atoms. The number of aryl methyl sites for hydroxylation is 2. The van der Waals surface area contributed by atoms with E-state index < -0.39 is 0 Å². The lowest BCUT2D eigenvalue weighted by Crippen LogP contribution is -2.16. The van der Waals surface area contributed by atoms with Gasteiger partial charge in [-0.05, 0) is 38.0 Å². The van der Waals surface area contributed by atoms with Gasteiger partial charge < -0.3 is 9.73 Å². The van der Waals surface area contributed by atoms with E-state index in [2.05, 4.69) is 41.7 Å². The van der Waals surface area contributed by atoms with E-state index in [-0.39, 0.29) is 0 Å². The number of rotatable bonds is 2. The van der Waals surface area contributed by atoms with Gasteiger partial charge in [0.05, 0.1) is 23.5 Å². The van der Waals surface area contributed by atoms with Gasteiger partial charge in [0.15, 0.2) is 0 Å². The molecule has 0 fully saturated rings. The van der Waals surface area contributed by atoms with Crippen LogP contribution in [0.25, 0.3) is 10.9 Å². The second-order valence-corrected chi connectivity index (χ2v) is 5.72. The summed E-state index contributed by atoms with van der Waals surface area (Å²) in [6.45, 7) is 2.03. The standard InChI is InChI=1S/C18H18N2O/c1-12-8-9-13-4-2-6-16(18(13)19-12)20-15-5-3-7-17-14(15)10-11-21-17/h2,4,6,8-11,15,20H,3,5,7H2,1H3. The van der Waals surface area contributed by atoms with Gasteiger partial charge >= 0.3 is 0 Å². The Morgan fingerprint density at radius 3 is 3.10 bits per heavy atom. The quantitative estimate of drug-likeness (QED) is 0.743. The second-order valence-electron chi connectivity index (χ2n) is 5.72. The number of para-hydroxylation sites is 1. The molecule has 3 aromatic rings. The summed E-state index contributed by atoms with van der Waals surface area (Å²) in [6.07, 6.45) is 5.15. The average Bonchev–Trinajstić information content (AvgIpc) is 2.97. The number of hydrogen-bond acceptors (Lipinski definition) is 3. The topological polar surface area (TPSA) is 38.1 Å². The van der Waals surface area contributed by atoms with Gasteiger partial charge in [-0.15, -0.1) is 0 Å². The molecule has 2 heterocycles. The fraction of sp³-hybridized carbons (Fsp3) is 0.278. The van der Waals surface area contributed by atoms with Crippen LogP contribution in [0, 0.1) is 6.92 Å². The van der Waals surface area contributed by atoms with Crippen molar-refractivity contribution < 1.29 is 4.42 Å². The number of nitrogens with zero attached hydrogens (tertiary/aromatic N) is 1. The molecule has 2 aromatic heterocycles. The monoisotopic (exact) mass is 278 g/mol. The van der Waals surface area contributed by atoms with Gasteiger partial charge in [-0.2, -0.15) is 0 Å². The van der Waals surface area contributed by atoms with Crippen LogP contribution in [0.15, 0.2) is 47.1 Å². The molecule has 0 radical (unpaired) electrons. The van der Waals surface area contributed by atoms with Gasteiger partial charge in [0.1, 0.15) is 5.76 Å². The first-order valence-electron chi connectivity index (χ1n) is 7.50. The summed E-state index contributed by atoms with van der Waals surface area (Å²) in [5, 5.41) is 4.85. The molecule has 0 spiro atoms. The third-order valence-corrected chi connectivity index (χ3v) is 4.24. The largest absolute Gasteiger partial charge is 0.469 e. The smallest absolute Gasteiger partial charge is 0.109 e. The molecule has 0 amide bonds. The molecule has 0 aliphatic heterocycles. The molecule has 1 atom stereocenters. The molecule has 106 valence electrons. The number of aromatic nitrogens is 1. The summed E-state index contributed by atoms with van der Waals surface area (Å²) in [5.41, 5.74) is 4.50. The third-order valence-electron chi connectivity index (χ3n) is 4.24. The van der Waals surface area contributed by atoms with Crippen LogP contribution in [0.4, 0.5) is 5.69 Å². The number of benzene rings is 1. The van der Waals surface area contributed by atoms with Crippen molar-refractivity contribution in [3.8, 4) is 0 Å². The maximum absolute atomic E-state index is 5.57. The zero-order valence-corrected chi connectivity index (χ0v) is 12.1. The van der Waals surface area contributed by atoms with E-state index in [0.717, 1.165) is 41.9 Å². The molecule has 1 unspecified atom stereocenters. The molecule has 1 N–H and O–H groups in total. The number of nitrogens with one attached hydrogen (secondary N) is 1. The highest BCUT2D eigenvalue weighted by Crippen LogP contribution is 2.34. The maximum Gasteiger partial charge on any atom is 0.109 e. The normalized spacial score (nSPS) is 17.7. The molecule has 0 saturated carbocycles. The zero-order valence-electron chi connectivity index (χ0n) is 12.1. The first kappa shape index (κ1) is 12.5. The first-order valence-corrected chi connectivity index (χ1v) is 7.50. The van der Waals surface area contributed by atoms with Crippen molar-refractivity contribution in [2.75, 3.05) is 5.32 Å². The Bertz CT molecular complexity index is 791. The summed E-state index contributed by atoms with van der Waals surface area (Å²) >= 11 is 0. The van der Waals surface area contributed by atoms with Crippen LogP contribution in [0.3, 0.4) is 0 Å². The maximum atomic E-state index is 5.57. The molecule has 0 bridgehead atoms. The van der Waals surface area contributed by atoms with Gasteiger partial charge in [-0.3, -0.25) is 4.98 Å². The number of furan rings is 1. The fourth-order valence-electron chi connectivity index (χ4n) is 3.19. The number of pyridine rings is 1. The van der Waals surface area contributed by atoms with Crippen molar-refractivity contribution in [3.05, 3.63) is 59.7 Å². The zero-order chi connectivity index (χ0) is 14.2. The molecule has 3 nitrogen and oxygen atoms in total. The molecule has 1 aliphatic rings. The summed E-state index contributed by atoms with van der Waals surface area (Å²) in [4.78, 5) is 4.70. The van der Waals surface area contributed by atoms with E-state index in [1.165, 1.54) is 10.9 Å². The lowest BCUT2D eigenvalue weighted by Gasteiger charge is -2.24. The summed E-state index contributed by atoms with van der Waals surface area (Å²) in [7, 11) is 0. The van der Waals surface area contributed by atoms with E-state index in [9.17, 15) is 0 Å². The minimum atomic E-state index is 0.320. The van der Waals surface area contributed by atoms with Gasteiger partial charge in [-0.1, -0.05) is 18.2 Å². The Hall–Kier alpha value is -2.29. The molecule has 1 aliphatic carbocycles. The van der Waals surface area contributed by atoms with Gasteiger partial charge in [0.2, 0.25) is 0 Å². The average molecular weight is 278 g/mol. The Labute approximate surface area is 124 Å². The van der Waals surface area contributed by atoms with Gasteiger partial charge in [0.25, 0.3) is 0 Å². The van der Waals surface area contributed by atoms with Crippen LogP contribution in [0.5, 0.6) is 0 Å². The van der Waals surface area contributed by atoms with Crippen LogP contribution in [-0.4, -0.2) is 4.98 Å². The predicted octanol–water partition coefficient (Wildman–Crippen LogP) is 4.63. The van der Waals surface area contributed by atoms with E-state index in [4.69, 9.17) is 9.40 Å². The Balaban J connectivity index is 1.74. The first-order chi connectivity index (χ1) is 10.3. The number of hydrogen-bond donors (Lipinski definition) is 1. The third kappa shape index (κ3) is 2.19. The predicted molar refractivity (Wildman–Crippen MR) is 84.5 cm³/mol. The van der Waals surface area contributed by atoms with Crippen molar-refractivity contribution in [3.63, 3.8) is 0 Å². The summed E-state index contributed by atoms with van der Waals surface area (Å²) < 4.78 is 5.57. The van der Waals surface area contributed by atoms with Crippen molar-refractivity contribution >= 4 is 16.6 Å². The number of fused-ring (bicyclic) bond motifs is 2. The van der Waals surface area contributed by atoms with E-state index in [0.29, 0.717) is 6.04 Å². The molecule has 4 rings (SSSR count). The molecule has 0 saturated heterocycles. The van der Waals surface area contributed by atoms with Crippen LogP contribution >= 0.6 is 0 Å². The Morgan fingerprint density at radius 1 is 1.19 bits per heavy atom. The fourth-order valence-corrected chi connectivity index (χ4v) is 3.19. The lowest BCUT2D eigenvalue weighted by atomic mass is 9.93. The minimum absolute atomic E-state index is 0.320. The summed E-state index contributed by atoms with van der Waals surface area (Å²) in [6, 6.07) is 12.9. The Morgan fingerprint density at radius 2 is 2.14 bits per heavy atom. The van der Waals surface area contributed by atoms with Crippen molar-refractivity contribution in [1.29, 1.82) is 0 Å². The van der Waals surface area contributed by atoms with Crippen LogP contribution in [0.2, 0.25) is 0 Å². The van der Waals surface area contributed by atoms with Gasteiger partial charge in [-0.25, -0.2) is 0 Å². The number of anilines is 1. The molecule has 1 aromatic carbocycles. The molecule has 3 heteroatoms. The van der Waals surface area contributed by atoms with Crippen LogP contribution in [0.1, 0.15) is 35.9 Å². The highest BCUT2D eigenvalue weighted by Gasteiger charge is 2.22. The SMILES string of the molecule is Cc1ccc2cccc(NC3CCCc4occc43)c2n1. The minimum Gasteiger partial charge on any atom is -0.469 e. The highest BCUT2D eigenvalue weighted by molar-refractivity contribution is 5.90. The van der Waals surface area contributed by atoms with Crippen molar-refractivity contribution in [2.24, 2.45) is 0 Å². The van der Waals surface area contributed by atoms with Crippen molar-refractivity contribution in [2.45, 2.75) is 32.2 Å². The van der Waals surface area contributed by atoms with Crippen molar-refractivity contribution in [1.82, 2.24) is 4.98 Å². The summed E-state index contributed by atoms with van der Waals surface area (Å²) in [5.74, 6) is 1.13. The highest BCUT2D eigenvalue weighted by atomic mass is 16.3. The van der Waals surface area contributed by atoms with E-state index in [1.54, 1.807) is 6.26 Å². The van der Waals surface area contributed by atoms with E-state index >= 15 is 0 Å². The molecular formula is C18H18N2O.